The molecule has 2 aromatic rings. The molecule has 0 radical (unpaired) electrons. The Morgan fingerprint density at radius 1 is 1.10 bits per heavy atom. The maximum atomic E-state index is 6.22. The van der Waals surface area contributed by atoms with Crippen molar-refractivity contribution in [2.75, 3.05) is 0 Å². The smallest absolute Gasteiger partial charge is 0.127 e. The van der Waals surface area contributed by atoms with Crippen LogP contribution in [-0.4, -0.2) is 0 Å². The SMILES string of the molecule is CC(C)c1ccc2c(c1OCc1ccccc1)C(C)C2. The number of fused-ring (bicyclic) bond motifs is 1. The molecule has 1 aliphatic rings. The molecule has 0 bridgehead atoms. The average Bonchev–Trinajstić information content (AvgIpc) is 2.44. The Labute approximate surface area is 121 Å². The summed E-state index contributed by atoms with van der Waals surface area (Å²) < 4.78 is 6.22. The summed E-state index contributed by atoms with van der Waals surface area (Å²) in [6.45, 7) is 7.42. The highest BCUT2D eigenvalue weighted by Gasteiger charge is 2.28. The highest BCUT2D eigenvalue weighted by atomic mass is 16.5. The first-order chi connectivity index (χ1) is 9.66. The Hall–Kier alpha value is -1.76. The summed E-state index contributed by atoms with van der Waals surface area (Å²) in [5, 5.41) is 0. The lowest BCUT2D eigenvalue weighted by Crippen LogP contribution is -2.17. The van der Waals surface area contributed by atoms with Crippen LogP contribution in [0.25, 0.3) is 0 Å². The van der Waals surface area contributed by atoms with E-state index >= 15 is 0 Å². The topological polar surface area (TPSA) is 9.23 Å². The van der Waals surface area contributed by atoms with Gasteiger partial charge in [0.25, 0.3) is 0 Å². The lowest BCUT2D eigenvalue weighted by molar-refractivity contribution is 0.293. The van der Waals surface area contributed by atoms with Crippen molar-refractivity contribution in [2.45, 2.75) is 45.6 Å². The van der Waals surface area contributed by atoms with E-state index in [9.17, 15) is 0 Å². The van der Waals surface area contributed by atoms with Gasteiger partial charge in [-0.05, 0) is 34.9 Å². The maximum absolute atomic E-state index is 6.22. The summed E-state index contributed by atoms with van der Waals surface area (Å²) in [5.74, 6) is 2.27. The Balaban J connectivity index is 1.90. The van der Waals surface area contributed by atoms with E-state index in [0.717, 1.165) is 5.75 Å². The Morgan fingerprint density at radius 3 is 2.50 bits per heavy atom. The predicted molar refractivity (Wildman–Crippen MR) is 83.4 cm³/mol. The molecule has 0 fully saturated rings. The molecule has 1 nitrogen and oxygen atoms in total. The molecule has 0 saturated heterocycles. The second-order valence-corrected chi connectivity index (χ2v) is 6.09. The zero-order chi connectivity index (χ0) is 14.1. The molecule has 3 rings (SSSR count). The van der Waals surface area contributed by atoms with Crippen LogP contribution in [0.2, 0.25) is 0 Å². The van der Waals surface area contributed by atoms with Gasteiger partial charge in [0.15, 0.2) is 0 Å². The number of hydrogen-bond acceptors (Lipinski definition) is 1. The van der Waals surface area contributed by atoms with Gasteiger partial charge in [-0.1, -0.05) is 63.2 Å². The van der Waals surface area contributed by atoms with Crippen LogP contribution in [0.3, 0.4) is 0 Å². The third-order valence-corrected chi connectivity index (χ3v) is 4.18. The van der Waals surface area contributed by atoms with Crippen molar-refractivity contribution >= 4 is 0 Å². The molecule has 0 spiro atoms. The van der Waals surface area contributed by atoms with Crippen LogP contribution >= 0.6 is 0 Å². The first-order valence-electron chi connectivity index (χ1n) is 7.49. The van der Waals surface area contributed by atoms with E-state index in [4.69, 9.17) is 4.74 Å². The average molecular weight is 266 g/mol. The monoisotopic (exact) mass is 266 g/mol. The first kappa shape index (κ1) is 13.2. The molecule has 104 valence electrons. The molecule has 1 aliphatic carbocycles. The first-order valence-corrected chi connectivity index (χ1v) is 7.49. The Kier molecular flexibility index (Phi) is 3.52. The van der Waals surface area contributed by atoms with Crippen molar-refractivity contribution in [3.63, 3.8) is 0 Å². The standard InChI is InChI=1S/C19H22O/c1-13(2)17-10-9-16-11-14(3)18(16)19(17)20-12-15-7-5-4-6-8-15/h4-10,13-14H,11-12H2,1-3H3. The van der Waals surface area contributed by atoms with Crippen molar-refractivity contribution in [1.29, 1.82) is 0 Å². The maximum Gasteiger partial charge on any atom is 0.127 e. The largest absolute Gasteiger partial charge is 0.488 e. The van der Waals surface area contributed by atoms with Gasteiger partial charge in [-0.15, -0.1) is 0 Å². The molecule has 1 atom stereocenters. The van der Waals surface area contributed by atoms with Crippen LogP contribution < -0.4 is 4.74 Å². The van der Waals surface area contributed by atoms with Crippen LogP contribution in [-0.2, 0) is 13.0 Å². The van der Waals surface area contributed by atoms with Gasteiger partial charge in [0, 0.05) is 5.56 Å². The van der Waals surface area contributed by atoms with Crippen LogP contribution in [0.5, 0.6) is 5.75 Å². The highest BCUT2D eigenvalue weighted by Crippen LogP contribution is 2.45. The van der Waals surface area contributed by atoms with Crippen LogP contribution in [0.4, 0.5) is 0 Å². The minimum Gasteiger partial charge on any atom is -0.488 e. The van der Waals surface area contributed by atoms with Gasteiger partial charge >= 0.3 is 0 Å². The van der Waals surface area contributed by atoms with Crippen LogP contribution in [0.1, 0.15) is 54.9 Å². The second kappa shape index (κ2) is 5.32. The zero-order valence-corrected chi connectivity index (χ0v) is 12.5. The number of ether oxygens (including phenoxy) is 1. The lowest BCUT2D eigenvalue weighted by Gasteiger charge is -2.32. The Bertz CT molecular complexity index is 599. The Morgan fingerprint density at radius 2 is 1.85 bits per heavy atom. The third kappa shape index (κ3) is 2.33. The quantitative estimate of drug-likeness (QED) is 0.752. The molecule has 0 N–H and O–H groups in total. The van der Waals surface area contributed by atoms with Crippen molar-refractivity contribution < 1.29 is 4.74 Å². The van der Waals surface area contributed by atoms with Crippen molar-refractivity contribution in [2.24, 2.45) is 0 Å². The zero-order valence-electron chi connectivity index (χ0n) is 12.5. The van der Waals surface area contributed by atoms with E-state index < -0.39 is 0 Å². The van der Waals surface area contributed by atoms with Crippen molar-refractivity contribution in [3.05, 3.63) is 64.7 Å². The minimum atomic E-state index is 0.499. The molecule has 2 aromatic carbocycles. The highest BCUT2D eigenvalue weighted by molar-refractivity contribution is 5.54. The van der Waals surface area contributed by atoms with Gasteiger partial charge in [-0.3, -0.25) is 0 Å². The second-order valence-electron chi connectivity index (χ2n) is 6.09. The summed E-state index contributed by atoms with van der Waals surface area (Å²) in [6.07, 6.45) is 1.19. The molecular weight excluding hydrogens is 244 g/mol. The van der Waals surface area contributed by atoms with Gasteiger partial charge in [-0.25, -0.2) is 0 Å². The van der Waals surface area contributed by atoms with Gasteiger partial charge in [0.1, 0.15) is 12.4 Å². The fraction of sp³-hybridized carbons (Fsp3) is 0.368. The number of benzene rings is 2. The normalized spacial score (nSPS) is 16.7. The summed E-state index contributed by atoms with van der Waals surface area (Å²) >= 11 is 0. The molecule has 0 heterocycles. The molecule has 1 unspecified atom stereocenters. The van der Waals surface area contributed by atoms with E-state index in [1.165, 1.54) is 28.7 Å². The van der Waals surface area contributed by atoms with Crippen molar-refractivity contribution in [3.8, 4) is 5.75 Å². The predicted octanol–water partition coefficient (Wildman–Crippen LogP) is 5.05. The number of hydrogen-bond donors (Lipinski definition) is 0. The van der Waals surface area contributed by atoms with E-state index in [-0.39, 0.29) is 0 Å². The molecule has 0 aliphatic heterocycles. The fourth-order valence-corrected chi connectivity index (χ4v) is 3.02. The van der Waals surface area contributed by atoms with Crippen molar-refractivity contribution in [1.82, 2.24) is 0 Å². The molecule has 1 heteroatoms. The van der Waals surface area contributed by atoms with Crippen LogP contribution in [0.15, 0.2) is 42.5 Å². The summed E-state index contributed by atoms with van der Waals surface area (Å²) in [5.41, 5.74) is 5.47. The summed E-state index contributed by atoms with van der Waals surface area (Å²) in [7, 11) is 0. The van der Waals surface area contributed by atoms with Gasteiger partial charge in [-0.2, -0.15) is 0 Å². The van der Waals surface area contributed by atoms with Gasteiger partial charge in [0.2, 0.25) is 0 Å². The molecule has 0 amide bonds. The minimum absolute atomic E-state index is 0.499. The third-order valence-electron chi connectivity index (χ3n) is 4.18. The van der Waals surface area contributed by atoms with Crippen LogP contribution in [0, 0.1) is 0 Å². The fourth-order valence-electron chi connectivity index (χ4n) is 3.02. The van der Waals surface area contributed by atoms with E-state index in [1.54, 1.807) is 0 Å². The molecule has 0 aromatic heterocycles. The molecule has 20 heavy (non-hydrogen) atoms. The van der Waals surface area contributed by atoms with E-state index in [1.807, 2.05) is 6.07 Å². The molecule has 0 saturated carbocycles. The van der Waals surface area contributed by atoms with Gasteiger partial charge < -0.3 is 4.74 Å². The number of rotatable bonds is 4. The summed E-state index contributed by atoms with van der Waals surface area (Å²) in [4.78, 5) is 0. The summed E-state index contributed by atoms with van der Waals surface area (Å²) in [6, 6.07) is 14.9. The molecular formula is C19H22O. The van der Waals surface area contributed by atoms with E-state index in [0.29, 0.717) is 18.4 Å². The lowest BCUT2D eigenvalue weighted by atomic mass is 9.76. The van der Waals surface area contributed by atoms with Gasteiger partial charge in [0.05, 0.1) is 0 Å². The van der Waals surface area contributed by atoms with E-state index in [2.05, 4.69) is 57.2 Å².